The maximum Gasteiger partial charge on any atom is 0.241 e. The summed E-state index contributed by atoms with van der Waals surface area (Å²) in [6.07, 6.45) is 3.07. The molecule has 0 aromatic heterocycles. The first-order valence-corrected chi connectivity index (χ1v) is 8.66. The number of fused-ring (bicyclic) bond motifs is 5. The van der Waals surface area contributed by atoms with Gasteiger partial charge in [0.1, 0.15) is 5.60 Å². The van der Waals surface area contributed by atoms with E-state index in [2.05, 4.69) is 0 Å². The second-order valence-corrected chi connectivity index (χ2v) is 6.95. The first kappa shape index (κ1) is 15.5. The zero-order valence-corrected chi connectivity index (χ0v) is 13.9. The lowest BCUT2D eigenvalue weighted by atomic mass is 9.77. The summed E-state index contributed by atoms with van der Waals surface area (Å²) in [6, 6.07) is 17.1. The number of hydrogen-bond donors (Lipinski definition) is 1. The fourth-order valence-corrected chi connectivity index (χ4v) is 4.45. The molecule has 2 fully saturated rings. The SMILES string of the molecule is O=C1[C@H]2[C@@H](C(=O)N1c1ccccc1-c1ccccc1)[C@@]1(CO)C=C[C@H]2O1. The minimum Gasteiger partial charge on any atom is -0.393 e. The first-order chi connectivity index (χ1) is 12.7. The number of ether oxygens (including phenoxy) is 1. The van der Waals surface area contributed by atoms with Crippen LogP contribution in [0, 0.1) is 11.8 Å². The van der Waals surface area contributed by atoms with Gasteiger partial charge in [-0.25, -0.2) is 4.90 Å². The van der Waals surface area contributed by atoms with Crippen molar-refractivity contribution in [2.24, 2.45) is 11.8 Å². The van der Waals surface area contributed by atoms with Crippen molar-refractivity contribution < 1.29 is 19.4 Å². The number of imide groups is 1. The maximum absolute atomic E-state index is 13.2. The smallest absolute Gasteiger partial charge is 0.241 e. The van der Waals surface area contributed by atoms with Crippen molar-refractivity contribution in [1.29, 1.82) is 0 Å². The van der Waals surface area contributed by atoms with Gasteiger partial charge in [-0.1, -0.05) is 60.7 Å². The summed E-state index contributed by atoms with van der Waals surface area (Å²) in [4.78, 5) is 27.6. The van der Waals surface area contributed by atoms with E-state index in [4.69, 9.17) is 4.74 Å². The van der Waals surface area contributed by atoms with Crippen molar-refractivity contribution >= 4 is 17.5 Å². The molecule has 3 aliphatic heterocycles. The van der Waals surface area contributed by atoms with Crippen LogP contribution in [0.1, 0.15) is 0 Å². The standard InChI is InChI=1S/C21H17NO4/c23-12-21-11-10-16(26-21)17-18(21)20(25)22(19(17)24)15-9-5-4-8-14(15)13-6-2-1-3-7-13/h1-11,16-18,23H,12H2/t16-,17-,18+,21+/m1/s1. The molecular weight excluding hydrogens is 330 g/mol. The molecule has 1 N–H and O–H groups in total. The number of hydrogen-bond acceptors (Lipinski definition) is 4. The summed E-state index contributed by atoms with van der Waals surface area (Å²) in [5.74, 6) is -1.79. The molecule has 2 amide bonds. The molecule has 2 bridgehead atoms. The van der Waals surface area contributed by atoms with E-state index < -0.39 is 23.5 Å². The zero-order chi connectivity index (χ0) is 17.9. The van der Waals surface area contributed by atoms with E-state index in [0.717, 1.165) is 11.1 Å². The highest BCUT2D eigenvalue weighted by atomic mass is 16.5. The number of aliphatic hydroxyl groups is 1. The van der Waals surface area contributed by atoms with Gasteiger partial charge in [0.15, 0.2) is 0 Å². The molecule has 5 nitrogen and oxygen atoms in total. The number of nitrogens with zero attached hydrogens (tertiary/aromatic N) is 1. The fraction of sp³-hybridized carbons (Fsp3) is 0.238. The Morgan fingerprint density at radius 3 is 2.50 bits per heavy atom. The molecule has 2 saturated heterocycles. The summed E-state index contributed by atoms with van der Waals surface area (Å²) < 4.78 is 5.79. The topological polar surface area (TPSA) is 66.8 Å². The van der Waals surface area contributed by atoms with Gasteiger partial charge in [-0.2, -0.15) is 0 Å². The molecule has 3 aliphatic rings. The second-order valence-electron chi connectivity index (χ2n) is 6.95. The predicted octanol–water partition coefficient (Wildman–Crippen LogP) is 2.16. The van der Waals surface area contributed by atoms with Crippen LogP contribution in [-0.4, -0.2) is 35.2 Å². The van der Waals surface area contributed by atoms with Crippen LogP contribution in [0.25, 0.3) is 11.1 Å². The van der Waals surface area contributed by atoms with Gasteiger partial charge in [-0.3, -0.25) is 9.59 Å². The van der Waals surface area contributed by atoms with Gasteiger partial charge in [0.25, 0.3) is 0 Å². The Bertz CT molecular complexity index is 938. The van der Waals surface area contributed by atoms with Crippen molar-refractivity contribution in [2.75, 3.05) is 11.5 Å². The van der Waals surface area contributed by atoms with Crippen LogP contribution in [-0.2, 0) is 14.3 Å². The Hall–Kier alpha value is -2.76. The highest BCUT2D eigenvalue weighted by Crippen LogP contribution is 2.52. The number of carbonyl (C=O) groups excluding carboxylic acids is 2. The van der Waals surface area contributed by atoms with E-state index in [-0.39, 0.29) is 18.4 Å². The molecule has 2 aromatic rings. The van der Waals surface area contributed by atoms with Gasteiger partial charge >= 0.3 is 0 Å². The van der Waals surface area contributed by atoms with Gasteiger partial charge in [-0.15, -0.1) is 0 Å². The third-order valence-corrected chi connectivity index (χ3v) is 5.63. The molecule has 0 radical (unpaired) electrons. The molecule has 0 spiro atoms. The zero-order valence-electron chi connectivity index (χ0n) is 13.9. The Morgan fingerprint density at radius 2 is 1.73 bits per heavy atom. The van der Waals surface area contributed by atoms with Crippen LogP contribution in [0.15, 0.2) is 66.7 Å². The van der Waals surface area contributed by atoms with Crippen LogP contribution in [0.2, 0.25) is 0 Å². The van der Waals surface area contributed by atoms with Gasteiger partial charge in [-0.05, 0) is 11.6 Å². The Kier molecular flexibility index (Phi) is 3.20. The van der Waals surface area contributed by atoms with E-state index in [9.17, 15) is 14.7 Å². The van der Waals surface area contributed by atoms with Crippen LogP contribution in [0.3, 0.4) is 0 Å². The monoisotopic (exact) mass is 347 g/mol. The molecule has 130 valence electrons. The highest BCUT2D eigenvalue weighted by Gasteiger charge is 2.67. The van der Waals surface area contributed by atoms with Gasteiger partial charge < -0.3 is 9.84 Å². The number of aliphatic hydroxyl groups excluding tert-OH is 1. The van der Waals surface area contributed by atoms with Gasteiger partial charge in [0.05, 0.1) is 30.2 Å². The molecule has 26 heavy (non-hydrogen) atoms. The van der Waals surface area contributed by atoms with E-state index in [0.29, 0.717) is 5.69 Å². The third kappa shape index (κ3) is 1.87. The molecule has 5 heteroatoms. The third-order valence-electron chi connectivity index (χ3n) is 5.63. The first-order valence-electron chi connectivity index (χ1n) is 8.66. The number of amides is 2. The summed E-state index contributed by atoms with van der Waals surface area (Å²) in [7, 11) is 0. The largest absolute Gasteiger partial charge is 0.393 e. The quantitative estimate of drug-likeness (QED) is 0.682. The summed E-state index contributed by atoms with van der Waals surface area (Å²) in [5.41, 5.74) is 1.28. The van der Waals surface area contributed by atoms with Crippen molar-refractivity contribution in [3.05, 3.63) is 66.7 Å². The normalized spacial score (nSPS) is 31.7. The van der Waals surface area contributed by atoms with E-state index in [1.54, 1.807) is 18.2 Å². The minimum absolute atomic E-state index is 0.256. The summed E-state index contributed by atoms with van der Waals surface area (Å²) >= 11 is 0. The Balaban J connectivity index is 1.62. The van der Waals surface area contributed by atoms with Crippen LogP contribution >= 0.6 is 0 Å². The number of benzene rings is 2. The number of anilines is 1. The van der Waals surface area contributed by atoms with E-state index in [1.807, 2.05) is 48.5 Å². The average molecular weight is 347 g/mol. The van der Waals surface area contributed by atoms with E-state index >= 15 is 0 Å². The van der Waals surface area contributed by atoms with Crippen LogP contribution in [0.5, 0.6) is 0 Å². The predicted molar refractivity (Wildman–Crippen MR) is 95.2 cm³/mol. The number of rotatable bonds is 3. The highest BCUT2D eigenvalue weighted by molar-refractivity contribution is 6.24. The second kappa shape index (κ2) is 5.37. The fourth-order valence-electron chi connectivity index (χ4n) is 4.45. The van der Waals surface area contributed by atoms with Crippen molar-refractivity contribution in [3.8, 4) is 11.1 Å². The minimum atomic E-state index is -1.07. The van der Waals surface area contributed by atoms with Crippen LogP contribution in [0.4, 0.5) is 5.69 Å². The van der Waals surface area contributed by atoms with Crippen LogP contribution < -0.4 is 4.90 Å². The molecule has 0 aliphatic carbocycles. The van der Waals surface area contributed by atoms with Crippen molar-refractivity contribution in [1.82, 2.24) is 0 Å². The van der Waals surface area contributed by atoms with Crippen molar-refractivity contribution in [2.45, 2.75) is 11.7 Å². The number of para-hydroxylation sites is 1. The average Bonchev–Trinajstić information content (AvgIpc) is 3.33. The van der Waals surface area contributed by atoms with Crippen molar-refractivity contribution in [3.63, 3.8) is 0 Å². The molecule has 2 aromatic carbocycles. The lowest BCUT2D eigenvalue weighted by molar-refractivity contribution is -0.128. The maximum atomic E-state index is 13.2. The molecule has 3 heterocycles. The lowest BCUT2D eigenvalue weighted by Gasteiger charge is -2.27. The summed E-state index contributed by atoms with van der Waals surface area (Å²) in [5, 5.41) is 9.83. The molecule has 0 saturated carbocycles. The molecular formula is C21H17NO4. The summed E-state index contributed by atoms with van der Waals surface area (Å²) in [6.45, 7) is -0.311. The Labute approximate surface area is 150 Å². The van der Waals surface area contributed by atoms with Gasteiger partial charge in [0, 0.05) is 5.56 Å². The molecule has 5 rings (SSSR count). The van der Waals surface area contributed by atoms with Gasteiger partial charge in [0.2, 0.25) is 11.8 Å². The lowest BCUT2D eigenvalue weighted by Crippen LogP contribution is -2.43. The van der Waals surface area contributed by atoms with E-state index in [1.165, 1.54) is 4.90 Å². The Morgan fingerprint density at radius 1 is 1.00 bits per heavy atom. The molecule has 4 atom stereocenters. The number of carbonyl (C=O) groups is 2. The molecule has 0 unspecified atom stereocenters.